The molecule has 1 unspecified atom stereocenters. The van der Waals surface area contributed by atoms with Crippen molar-refractivity contribution in [2.75, 3.05) is 12.9 Å². The lowest BCUT2D eigenvalue weighted by Crippen LogP contribution is -2.26. The minimum atomic E-state index is -3.07. The Labute approximate surface area is 116 Å². The molecular formula is C14H24O4S. The zero-order chi connectivity index (χ0) is 14.7. The monoisotopic (exact) mass is 288 g/mol. The van der Waals surface area contributed by atoms with Gasteiger partial charge in [-0.1, -0.05) is 0 Å². The summed E-state index contributed by atoms with van der Waals surface area (Å²) in [4.78, 5) is 0.471. The van der Waals surface area contributed by atoms with Crippen molar-refractivity contribution in [2.45, 2.75) is 52.2 Å². The molecule has 0 spiro atoms. The van der Waals surface area contributed by atoms with E-state index in [2.05, 4.69) is 0 Å². The fourth-order valence-electron chi connectivity index (χ4n) is 1.67. The van der Waals surface area contributed by atoms with Crippen molar-refractivity contribution in [2.24, 2.45) is 0 Å². The number of allylic oxidation sites excluding steroid dienone is 4. The van der Waals surface area contributed by atoms with Crippen LogP contribution in [-0.4, -0.2) is 33.0 Å². The van der Waals surface area contributed by atoms with Gasteiger partial charge in [-0.15, -0.1) is 0 Å². The Hall–Kier alpha value is -0.810. The molecule has 0 aliphatic heterocycles. The molecule has 0 amide bonds. The third-order valence-corrected chi connectivity index (χ3v) is 3.95. The molecule has 0 aromatic heterocycles. The molecule has 0 aromatic rings. The van der Waals surface area contributed by atoms with Crippen LogP contribution >= 0.6 is 0 Å². The Morgan fingerprint density at radius 1 is 1.26 bits per heavy atom. The highest BCUT2D eigenvalue weighted by molar-refractivity contribution is 7.94. The summed E-state index contributed by atoms with van der Waals surface area (Å²) in [5.74, 6) is 0.817. The van der Waals surface area contributed by atoms with Gasteiger partial charge in [0, 0.05) is 17.6 Å². The van der Waals surface area contributed by atoms with E-state index in [0.29, 0.717) is 24.4 Å². The number of hydrogen-bond acceptors (Lipinski definition) is 4. The maximum Gasteiger partial charge on any atom is 0.171 e. The molecule has 0 heterocycles. The number of hydrogen-bond donors (Lipinski definition) is 0. The van der Waals surface area contributed by atoms with Crippen LogP contribution in [0.3, 0.4) is 0 Å². The summed E-state index contributed by atoms with van der Waals surface area (Å²) in [7, 11) is -3.07. The van der Waals surface area contributed by atoms with Crippen LogP contribution in [0.15, 0.2) is 22.8 Å². The van der Waals surface area contributed by atoms with Crippen molar-refractivity contribution < 1.29 is 17.9 Å². The molecule has 110 valence electrons. The van der Waals surface area contributed by atoms with Crippen LogP contribution in [0.4, 0.5) is 0 Å². The predicted molar refractivity (Wildman–Crippen MR) is 76.5 cm³/mol. The van der Waals surface area contributed by atoms with Gasteiger partial charge < -0.3 is 9.47 Å². The topological polar surface area (TPSA) is 52.6 Å². The highest BCUT2D eigenvalue weighted by Crippen LogP contribution is 2.23. The first-order chi connectivity index (χ1) is 8.58. The number of sulfone groups is 1. The van der Waals surface area contributed by atoms with Crippen LogP contribution < -0.4 is 0 Å². The van der Waals surface area contributed by atoms with Gasteiger partial charge in [-0.25, -0.2) is 8.42 Å². The number of rotatable bonds is 5. The van der Waals surface area contributed by atoms with Crippen LogP contribution in [-0.2, 0) is 19.3 Å². The summed E-state index contributed by atoms with van der Waals surface area (Å²) in [5.41, 5.74) is -0.179. The molecule has 0 bridgehead atoms. The van der Waals surface area contributed by atoms with Gasteiger partial charge in [-0.05, 0) is 46.3 Å². The van der Waals surface area contributed by atoms with E-state index < -0.39 is 9.84 Å². The molecule has 5 heteroatoms. The molecule has 0 N–H and O–H groups in total. The van der Waals surface area contributed by atoms with Gasteiger partial charge >= 0.3 is 0 Å². The van der Waals surface area contributed by atoms with Gasteiger partial charge in [-0.2, -0.15) is 0 Å². The van der Waals surface area contributed by atoms with Gasteiger partial charge in [0.05, 0.1) is 18.0 Å². The quantitative estimate of drug-likeness (QED) is 0.780. The molecule has 0 fully saturated rings. The smallest absolute Gasteiger partial charge is 0.171 e. The molecule has 1 rings (SSSR count). The van der Waals surface area contributed by atoms with Gasteiger partial charge in [0.25, 0.3) is 0 Å². The minimum absolute atomic E-state index is 0.0429. The molecule has 1 aliphatic rings. The van der Waals surface area contributed by atoms with E-state index in [9.17, 15) is 8.42 Å². The van der Waals surface area contributed by atoms with E-state index in [0.717, 1.165) is 5.76 Å². The summed E-state index contributed by atoms with van der Waals surface area (Å²) in [6.45, 7) is 8.47. The Morgan fingerprint density at radius 3 is 2.32 bits per heavy atom. The second-order valence-corrected chi connectivity index (χ2v) is 7.96. The number of ether oxygens (including phenoxy) is 2. The average molecular weight is 288 g/mol. The Balaban J connectivity index is 2.51. The van der Waals surface area contributed by atoms with Gasteiger partial charge in [0.1, 0.15) is 6.10 Å². The zero-order valence-corrected chi connectivity index (χ0v) is 13.2. The third kappa shape index (κ3) is 6.25. The molecule has 0 saturated carbocycles. The van der Waals surface area contributed by atoms with Crippen LogP contribution in [0.5, 0.6) is 0 Å². The summed E-state index contributed by atoms with van der Waals surface area (Å²) in [5, 5.41) is 0. The molecule has 0 saturated heterocycles. The fraction of sp³-hybridized carbons (Fsp3) is 0.714. The largest absolute Gasteiger partial charge is 0.493 e. The molecule has 1 atom stereocenters. The average Bonchev–Trinajstić information content (AvgIpc) is 2.25. The van der Waals surface area contributed by atoms with Crippen LogP contribution in [0.25, 0.3) is 0 Å². The van der Waals surface area contributed by atoms with Gasteiger partial charge in [0.2, 0.25) is 0 Å². The van der Waals surface area contributed by atoms with Crippen molar-refractivity contribution in [1.29, 1.82) is 0 Å². The van der Waals surface area contributed by atoms with E-state index >= 15 is 0 Å². The first kappa shape index (κ1) is 16.2. The highest BCUT2D eigenvalue weighted by Gasteiger charge is 2.18. The lowest BCUT2D eigenvalue weighted by Gasteiger charge is -2.24. The van der Waals surface area contributed by atoms with Crippen molar-refractivity contribution in [3.8, 4) is 0 Å². The summed E-state index contributed by atoms with van der Waals surface area (Å²) in [6, 6.07) is 0. The van der Waals surface area contributed by atoms with Crippen LogP contribution in [0.2, 0.25) is 0 Å². The Morgan fingerprint density at radius 2 is 1.89 bits per heavy atom. The van der Waals surface area contributed by atoms with E-state index in [-0.39, 0.29) is 11.7 Å². The normalized spacial score (nSPS) is 18.6. The maximum atomic E-state index is 11.4. The van der Waals surface area contributed by atoms with Gasteiger partial charge in [0.15, 0.2) is 9.84 Å². The molecule has 1 aliphatic carbocycles. The SMILES string of the molecule is CC(COC(C)(C)C)OC1=CC=C(S(C)(=O)=O)CC1. The lowest BCUT2D eigenvalue weighted by atomic mass is 10.1. The Kier molecular flexibility index (Phi) is 5.21. The fourth-order valence-corrected chi connectivity index (χ4v) is 2.45. The van der Waals surface area contributed by atoms with E-state index in [1.807, 2.05) is 27.7 Å². The van der Waals surface area contributed by atoms with Crippen molar-refractivity contribution >= 4 is 9.84 Å². The first-order valence-corrected chi connectivity index (χ1v) is 8.37. The Bertz CT molecular complexity index is 466. The molecule has 19 heavy (non-hydrogen) atoms. The first-order valence-electron chi connectivity index (χ1n) is 6.48. The van der Waals surface area contributed by atoms with E-state index in [1.165, 1.54) is 6.26 Å². The molecule has 4 nitrogen and oxygen atoms in total. The van der Waals surface area contributed by atoms with Crippen LogP contribution in [0.1, 0.15) is 40.5 Å². The van der Waals surface area contributed by atoms with E-state index in [4.69, 9.17) is 9.47 Å². The third-order valence-electron chi connectivity index (χ3n) is 2.65. The zero-order valence-electron chi connectivity index (χ0n) is 12.4. The molecular weight excluding hydrogens is 264 g/mol. The van der Waals surface area contributed by atoms with Crippen molar-refractivity contribution in [1.82, 2.24) is 0 Å². The highest BCUT2D eigenvalue weighted by atomic mass is 32.2. The summed E-state index contributed by atoms with van der Waals surface area (Å²) < 4.78 is 34.1. The standard InChI is InChI=1S/C14H24O4S/c1-11(10-17-14(2,3)4)18-12-6-8-13(9-7-12)19(5,15)16/h6,8,11H,7,9-10H2,1-5H3. The summed E-state index contributed by atoms with van der Waals surface area (Å²) in [6.07, 6.45) is 5.70. The summed E-state index contributed by atoms with van der Waals surface area (Å²) >= 11 is 0. The van der Waals surface area contributed by atoms with Crippen LogP contribution in [0, 0.1) is 0 Å². The molecule has 0 radical (unpaired) electrons. The second kappa shape index (κ2) is 6.09. The maximum absolute atomic E-state index is 11.4. The van der Waals surface area contributed by atoms with Gasteiger partial charge in [-0.3, -0.25) is 0 Å². The second-order valence-electron chi connectivity index (χ2n) is 5.89. The molecule has 0 aromatic carbocycles. The minimum Gasteiger partial charge on any atom is -0.493 e. The van der Waals surface area contributed by atoms with Crippen molar-refractivity contribution in [3.63, 3.8) is 0 Å². The predicted octanol–water partition coefficient (Wildman–Crippen LogP) is 2.81. The lowest BCUT2D eigenvalue weighted by molar-refractivity contribution is -0.0528. The van der Waals surface area contributed by atoms with E-state index in [1.54, 1.807) is 12.2 Å². The van der Waals surface area contributed by atoms with Crippen molar-refractivity contribution in [3.05, 3.63) is 22.8 Å².